The normalized spacial score (nSPS) is 17.7. The highest BCUT2D eigenvalue weighted by molar-refractivity contribution is 7.15. The van der Waals surface area contributed by atoms with Crippen LogP contribution in [0.25, 0.3) is 10.9 Å². The second kappa shape index (κ2) is 5.75. The molecule has 1 N–H and O–H groups in total. The molecule has 0 aliphatic carbocycles. The Morgan fingerprint density at radius 1 is 1.39 bits per heavy atom. The zero-order valence-electron chi connectivity index (χ0n) is 12.7. The summed E-state index contributed by atoms with van der Waals surface area (Å²) in [6, 6.07) is 9.79. The molecule has 3 heterocycles. The number of anilines is 1. The van der Waals surface area contributed by atoms with Gasteiger partial charge in [0, 0.05) is 24.6 Å². The molecule has 7 heteroatoms. The summed E-state index contributed by atoms with van der Waals surface area (Å²) < 4.78 is 7.47. The highest BCUT2D eigenvalue weighted by Gasteiger charge is 2.23. The molecule has 118 valence electrons. The molecular weight excluding hydrogens is 312 g/mol. The van der Waals surface area contributed by atoms with Crippen LogP contribution in [-0.2, 0) is 11.8 Å². The summed E-state index contributed by atoms with van der Waals surface area (Å²) in [5, 5.41) is 13.4. The van der Waals surface area contributed by atoms with E-state index in [1.807, 2.05) is 41.9 Å². The van der Waals surface area contributed by atoms with Crippen molar-refractivity contribution in [2.24, 2.45) is 7.05 Å². The minimum atomic E-state index is -0.182. The zero-order valence-corrected chi connectivity index (χ0v) is 13.5. The lowest BCUT2D eigenvalue weighted by molar-refractivity contribution is 0.101. The third-order valence-corrected chi connectivity index (χ3v) is 4.98. The molecule has 1 atom stereocenters. The van der Waals surface area contributed by atoms with E-state index in [4.69, 9.17) is 4.74 Å². The van der Waals surface area contributed by atoms with Crippen molar-refractivity contribution >= 4 is 33.3 Å². The van der Waals surface area contributed by atoms with Gasteiger partial charge in [-0.25, -0.2) is 0 Å². The van der Waals surface area contributed by atoms with E-state index in [9.17, 15) is 4.79 Å². The lowest BCUT2D eigenvalue weighted by Gasteiger charge is -2.04. The van der Waals surface area contributed by atoms with Crippen molar-refractivity contribution in [3.05, 3.63) is 41.0 Å². The predicted octanol–water partition coefficient (Wildman–Crippen LogP) is 3.13. The Balaban J connectivity index is 1.56. The molecule has 3 aromatic rings. The second-order valence-corrected chi connectivity index (χ2v) is 6.56. The van der Waals surface area contributed by atoms with Crippen molar-refractivity contribution < 1.29 is 9.53 Å². The van der Waals surface area contributed by atoms with Crippen LogP contribution in [0, 0.1) is 0 Å². The molecule has 1 amide bonds. The third kappa shape index (κ3) is 2.62. The van der Waals surface area contributed by atoms with E-state index in [1.165, 1.54) is 11.3 Å². The molecule has 1 fully saturated rings. The number of para-hydroxylation sites is 1. The SMILES string of the molecule is Cn1c(C(=O)Nc2nnc(C3CCCO3)s2)cc2ccccc21. The van der Waals surface area contributed by atoms with E-state index in [2.05, 4.69) is 15.5 Å². The van der Waals surface area contributed by atoms with Crippen molar-refractivity contribution in [2.75, 3.05) is 11.9 Å². The molecule has 1 aliphatic rings. The van der Waals surface area contributed by atoms with Crippen LogP contribution in [0.3, 0.4) is 0 Å². The van der Waals surface area contributed by atoms with Crippen molar-refractivity contribution in [1.82, 2.24) is 14.8 Å². The van der Waals surface area contributed by atoms with Crippen LogP contribution >= 0.6 is 11.3 Å². The van der Waals surface area contributed by atoms with Crippen LogP contribution < -0.4 is 5.32 Å². The Labute approximate surface area is 137 Å². The Hall–Kier alpha value is -2.25. The van der Waals surface area contributed by atoms with Crippen molar-refractivity contribution in [3.63, 3.8) is 0 Å². The molecule has 1 aromatic carbocycles. The number of hydrogen-bond donors (Lipinski definition) is 1. The summed E-state index contributed by atoms with van der Waals surface area (Å²) in [6.07, 6.45) is 2.03. The standard InChI is InChI=1S/C16H16N4O2S/c1-20-11-6-3-2-5-10(11)9-12(20)14(21)17-16-19-18-15(23-16)13-7-4-8-22-13/h2-3,5-6,9,13H,4,7-8H2,1H3,(H,17,19,21). The van der Waals surface area contributed by atoms with Crippen LogP contribution in [0.5, 0.6) is 0 Å². The largest absolute Gasteiger partial charge is 0.371 e. The van der Waals surface area contributed by atoms with Gasteiger partial charge >= 0.3 is 0 Å². The lowest BCUT2D eigenvalue weighted by atomic mass is 10.2. The number of fused-ring (bicyclic) bond motifs is 1. The maximum absolute atomic E-state index is 12.5. The van der Waals surface area contributed by atoms with Crippen molar-refractivity contribution in [1.29, 1.82) is 0 Å². The number of nitrogens with one attached hydrogen (secondary N) is 1. The van der Waals surface area contributed by atoms with Crippen LogP contribution in [0.1, 0.15) is 34.4 Å². The van der Waals surface area contributed by atoms with Gasteiger partial charge in [0.15, 0.2) is 0 Å². The molecule has 1 aliphatic heterocycles. The zero-order chi connectivity index (χ0) is 15.8. The maximum atomic E-state index is 12.5. The van der Waals surface area contributed by atoms with Gasteiger partial charge in [-0.15, -0.1) is 10.2 Å². The number of aromatic nitrogens is 3. The van der Waals surface area contributed by atoms with Gasteiger partial charge in [0.05, 0.1) is 0 Å². The Kier molecular flexibility index (Phi) is 3.59. The first-order chi connectivity index (χ1) is 11.2. The molecule has 0 spiro atoms. The molecule has 0 radical (unpaired) electrons. The van der Waals surface area contributed by atoms with Crippen LogP contribution in [0.4, 0.5) is 5.13 Å². The highest BCUT2D eigenvalue weighted by Crippen LogP contribution is 2.32. The van der Waals surface area contributed by atoms with E-state index >= 15 is 0 Å². The average Bonchev–Trinajstić information content (AvgIpc) is 3.27. The Bertz CT molecular complexity index is 864. The number of amides is 1. The number of rotatable bonds is 3. The number of nitrogens with zero attached hydrogens (tertiary/aromatic N) is 3. The fourth-order valence-corrected chi connectivity index (χ4v) is 3.68. The predicted molar refractivity (Wildman–Crippen MR) is 88.7 cm³/mol. The molecule has 1 saturated heterocycles. The fourth-order valence-electron chi connectivity index (χ4n) is 2.86. The van der Waals surface area contributed by atoms with Gasteiger partial charge in [-0.2, -0.15) is 0 Å². The maximum Gasteiger partial charge on any atom is 0.274 e. The third-order valence-electron chi connectivity index (χ3n) is 4.05. The van der Waals surface area contributed by atoms with Gasteiger partial charge in [0.25, 0.3) is 5.91 Å². The Morgan fingerprint density at radius 3 is 3.04 bits per heavy atom. The summed E-state index contributed by atoms with van der Waals surface area (Å²) in [6.45, 7) is 0.766. The molecule has 1 unspecified atom stereocenters. The van der Waals surface area contributed by atoms with Gasteiger partial charge in [-0.05, 0) is 25.0 Å². The number of ether oxygens (including phenoxy) is 1. The van der Waals surface area contributed by atoms with E-state index in [1.54, 1.807) is 0 Å². The minimum absolute atomic E-state index is 0.0239. The van der Waals surface area contributed by atoms with Gasteiger partial charge < -0.3 is 9.30 Å². The molecule has 0 bridgehead atoms. The second-order valence-electron chi connectivity index (χ2n) is 5.55. The fraction of sp³-hybridized carbons (Fsp3) is 0.312. The lowest BCUT2D eigenvalue weighted by Crippen LogP contribution is -2.15. The molecule has 2 aromatic heterocycles. The first-order valence-electron chi connectivity index (χ1n) is 7.53. The average molecular weight is 328 g/mol. The van der Waals surface area contributed by atoms with Crippen molar-refractivity contribution in [3.8, 4) is 0 Å². The van der Waals surface area contributed by atoms with Crippen LogP contribution in [0.2, 0.25) is 0 Å². The summed E-state index contributed by atoms with van der Waals surface area (Å²) in [4.78, 5) is 12.5. The first kappa shape index (κ1) is 14.3. The number of hydrogen-bond acceptors (Lipinski definition) is 5. The summed E-state index contributed by atoms with van der Waals surface area (Å²) in [5.74, 6) is -0.182. The van der Waals surface area contributed by atoms with Crippen LogP contribution in [-0.4, -0.2) is 27.3 Å². The number of carbonyl (C=O) groups excluding carboxylic acids is 1. The van der Waals surface area contributed by atoms with Gasteiger partial charge in [-0.1, -0.05) is 29.5 Å². The summed E-state index contributed by atoms with van der Waals surface area (Å²) >= 11 is 1.38. The number of benzene rings is 1. The van der Waals surface area contributed by atoms with Crippen molar-refractivity contribution in [2.45, 2.75) is 18.9 Å². The van der Waals surface area contributed by atoms with E-state index in [0.717, 1.165) is 35.4 Å². The van der Waals surface area contributed by atoms with Crippen LogP contribution in [0.15, 0.2) is 30.3 Å². The Morgan fingerprint density at radius 2 is 2.26 bits per heavy atom. The minimum Gasteiger partial charge on any atom is -0.371 e. The van der Waals surface area contributed by atoms with Gasteiger partial charge in [0.1, 0.15) is 16.8 Å². The first-order valence-corrected chi connectivity index (χ1v) is 8.35. The van der Waals surface area contributed by atoms with Gasteiger partial charge in [0.2, 0.25) is 5.13 Å². The molecule has 6 nitrogen and oxygen atoms in total. The monoisotopic (exact) mass is 328 g/mol. The number of carbonyl (C=O) groups is 1. The molecule has 4 rings (SSSR count). The highest BCUT2D eigenvalue weighted by atomic mass is 32.1. The molecule has 23 heavy (non-hydrogen) atoms. The van der Waals surface area contributed by atoms with Gasteiger partial charge in [-0.3, -0.25) is 10.1 Å². The topological polar surface area (TPSA) is 69.0 Å². The molecular formula is C16H16N4O2S. The number of aryl methyl sites for hydroxylation is 1. The van der Waals surface area contributed by atoms with E-state index < -0.39 is 0 Å². The van der Waals surface area contributed by atoms with E-state index in [-0.39, 0.29) is 12.0 Å². The summed E-state index contributed by atoms with van der Waals surface area (Å²) in [7, 11) is 1.88. The summed E-state index contributed by atoms with van der Waals surface area (Å²) in [5.41, 5.74) is 1.62. The quantitative estimate of drug-likeness (QED) is 0.802. The molecule has 0 saturated carbocycles. The smallest absolute Gasteiger partial charge is 0.274 e. The van der Waals surface area contributed by atoms with E-state index in [0.29, 0.717) is 10.8 Å².